The topological polar surface area (TPSA) is 81.8 Å². The minimum absolute atomic E-state index is 0.0680. The highest BCUT2D eigenvalue weighted by Crippen LogP contribution is 2.30. The molecule has 4 aromatic rings. The Kier molecular flexibility index (Phi) is 6.16. The summed E-state index contributed by atoms with van der Waals surface area (Å²) in [5, 5.41) is 13.3. The molecular weight excluding hydrogens is 451 g/mol. The van der Waals surface area contributed by atoms with Gasteiger partial charge in [0.15, 0.2) is 0 Å². The number of nitrogens with zero attached hydrogens (tertiary/aromatic N) is 2. The number of carbonyl (C=O) groups is 1. The van der Waals surface area contributed by atoms with Crippen LogP contribution >= 0.6 is 23.2 Å². The van der Waals surface area contributed by atoms with Gasteiger partial charge in [0, 0.05) is 28.9 Å². The molecule has 4 aromatic carbocycles. The van der Waals surface area contributed by atoms with Gasteiger partial charge in [-0.25, -0.2) is 4.79 Å². The summed E-state index contributed by atoms with van der Waals surface area (Å²) in [5.74, 6) is -0.374. The average Bonchev–Trinajstić information content (AvgIpc) is 2.78. The third-order valence-corrected chi connectivity index (χ3v) is 5.22. The number of benzene rings is 4. The highest BCUT2D eigenvalue weighted by molar-refractivity contribution is 6.36. The fourth-order valence-electron chi connectivity index (χ4n) is 3.13. The maximum Gasteiger partial charge on any atom is 0.345 e. The van der Waals surface area contributed by atoms with Crippen LogP contribution in [0.3, 0.4) is 0 Å². The normalized spacial score (nSPS) is 11.1. The van der Waals surface area contributed by atoms with Crippen LogP contribution in [0.15, 0.2) is 83.9 Å². The number of hydrogen-bond donors (Lipinski definition) is 0. The number of carbonyl (C=O) groups excluding carboxylic acids is 1. The summed E-state index contributed by atoms with van der Waals surface area (Å²) in [4.78, 5) is 27.7. The van der Waals surface area contributed by atoms with Gasteiger partial charge >= 0.3 is 5.97 Å². The van der Waals surface area contributed by atoms with Crippen molar-refractivity contribution in [3.8, 4) is 5.75 Å². The van der Waals surface area contributed by atoms with Crippen molar-refractivity contribution >= 4 is 57.5 Å². The fourth-order valence-corrected chi connectivity index (χ4v) is 3.62. The first kappa shape index (κ1) is 21.5. The smallest absolute Gasteiger partial charge is 0.345 e. The number of nitro benzene ring substituents is 1. The molecule has 0 aliphatic rings. The monoisotopic (exact) mass is 464 g/mol. The molecular formula is C24H14Cl2N2O4. The highest BCUT2D eigenvalue weighted by atomic mass is 35.5. The van der Waals surface area contributed by atoms with Gasteiger partial charge in [-0.2, -0.15) is 0 Å². The predicted molar refractivity (Wildman–Crippen MR) is 126 cm³/mol. The van der Waals surface area contributed by atoms with Gasteiger partial charge in [-0.1, -0.05) is 59.6 Å². The molecule has 0 saturated heterocycles. The second-order valence-corrected chi connectivity index (χ2v) is 7.59. The second-order valence-electron chi connectivity index (χ2n) is 6.75. The van der Waals surface area contributed by atoms with Gasteiger partial charge in [-0.3, -0.25) is 15.1 Å². The second kappa shape index (κ2) is 9.18. The van der Waals surface area contributed by atoms with Crippen LogP contribution in [-0.4, -0.2) is 17.1 Å². The van der Waals surface area contributed by atoms with Crippen molar-refractivity contribution in [3.05, 3.63) is 110 Å². The van der Waals surface area contributed by atoms with Gasteiger partial charge in [0.25, 0.3) is 5.69 Å². The Morgan fingerprint density at radius 3 is 2.56 bits per heavy atom. The molecule has 0 spiro atoms. The average molecular weight is 465 g/mol. The van der Waals surface area contributed by atoms with Crippen molar-refractivity contribution in [2.24, 2.45) is 4.99 Å². The summed E-state index contributed by atoms with van der Waals surface area (Å²) in [6, 6.07) is 21.5. The summed E-state index contributed by atoms with van der Waals surface area (Å²) in [6.45, 7) is 0. The third-order valence-electron chi connectivity index (χ3n) is 4.67. The van der Waals surface area contributed by atoms with E-state index in [4.69, 9.17) is 27.9 Å². The van der Waals surface area contributed by atoms with E-state index < -0.39 is 10.9 Å². The Bertz CT molecular complexity index is 1390. The highest BCUT2D eigenvalue weighted by Gasteiger charge is 2.16. The number of aliphatic imine (C=N–C) groups is 1. The van der Waals surface area contributed by atoms with Crippen LogP contribution in [-0.2, 0) is 0 Å². The Hall–Kier alpha value is -3.74. The quantitative estimate of drug-likeness (QED) is 0.104. The van der Waals surface area contributed by atoms with Crippen LogP contribution in [0.25, 0.3) is 10.8 Å². The lowest BCUT2D eigenvalue weighted by Gasteiger charge is -2.11. The van der Waals surface area contributed by atoms with E-state index in [-0.39, 0.29) is 22.0 Å². The molecule has 0 saturated carbocycles. The van der Waals surface area contributed by atoms with Gasteiger partial charge in [-0.05, 0) is 41.1 Å². The van der Waals surface area contributed by atoms with Crippen LogP contribution in [0, 0.1) is 10.1 Å². The van der Waals surface area contributed by atoms with Gasteiger partial charge in [0.2, 0.25) is 0 Å². The summed E-state index contributed by atoms with van der Waals surface area (Å²) < 4.78 is 5.64. The van der Waals surface area contributed by atoms with Crippen LogP contribution in [0.4, 0.5) is 11.4 Å². The van der Waals surface area contributed by atoms with Crippen molar-refractivity contribution in [3.63, 3.8) is 0 Å². The van der Waals surface area contributed by atoms with Crippen molar-refractivity contribution in [2.45, 2.75) is 0 Å². The largest absolute Gasteiger partial charge is 0.422 e. The van der Waals surface area contributed by atoms with E-state index in [9.17, 15) is 14.9 Å². The molecule has 0 amide bonds. The summed E-state index contributed by atoms with van der Waals surface area (Å²) in [6.07, 6.45) is 1.52. The summed E-state index contributed by atoms with van der Waals surface area (Å²) in [7, 11) is 0. The lowest BCUT2D eigenvalue weighted by molar-refractivity contribution is -0.384. The van der Waals surface area contributed by atoms with Crippen molar-refractivity contribution in [2.75, 3.05) is 0 Å². The fraction of sp³-hybridized carbons (Fsp3) is 0. The molecule has 0 fully saturated rings. The van der Waals surface area contributed by atoms with E-state index in [2.05, 4.69) is 4.99 Å². The zero-order valence-corrected chi connectivity index (χ0v) is 17.9. The first-order valence-electron chi connectivity index (χ1n) is 9.40. The number of nitro groups is 1. The maximum absolute atomic E-state index is 12.8. The molecule has 0 aliphatic carbocycles. The number of esters is 1. The van der Waals surface area contributed by atoms with E-state index >= 15 is 0 Å². The van der Waals surface area contributed by atoms with Gasteiger partial charge < -0.3 is 4.74 Å². The Balaban J connectivity index is 1.75. The molecule has 0 bridgehead atoms. The molecule has 0 heterocycles. The zero-order chi connectivity index (χ0) is 22.7. The number of halogens is 2. The van der Waals surface area contributed by atoms with Crippen molar-refractivity contribution in [1.29, 1.82) is 0 Å². The summed E-state index contributed by atoms with van der Waals surface area (Å²) in [5.41, 5.74) is 1.05. The molecule has 0 unspecified atom stereocenters. The van der Waals surface area contributed by atoms with Crippen molar-refractivity contribution in [1.82, 2.24) is 0 Å². The molecule has 6 nitrogen and oxygen atoms in total. The standard InChI is InChI=1S/C24H14Cl2N2O4/c25-16-9-10-20(22(26)12-16)24(29)32-23-11-8-15-4-1-2-7-19(15)21(23)14-27-17-5-3-6-18(13-17)28(30)31/h1-14H. The van der Waals surface area contributed by atoms with Crippen LogP contribution in [0.2, 0.25) is 10.0 Å². The lowest BCUT2D eigenvalue weighted by Crippen LogP contribution is -2.10. The summed E-state index contributed by atoms with van der Waals surface area (Å²) >= 11 is 12.0. The Labute approximate surface area is 192 Å². The molecule has 158 valence electrons. The van der Waals surface area contributed by atoms with Gasteiger partial charge in [0.1, 0.15) is 5.75 Å². The zero-order valence-electron chi connectivity index (χ0n) is 16.4. The van der Waals surface area contributed by atoms with E-state index in [1.165, 1.54) is 30.5 Å². The molecule has 0 aliphatic heterocycles. The van der Waals surface area contributed by atoms with E-state index in [0.29, 0.717) is 16.3 Å². The molecule has 4 rings (SSSR count). The number of ether oxygens (including phenoxy) is 1. The van der Waals surface area contributed by atoms with Gasteiger partial charge in [0.05, 0.1) is 21.2 Å². The first-order valence-corrected chi connectivity index (χ1v) is 10.2. The van der Waals surface area contributed by atoms with Gasteiger partial charge in [-0.15, -0.1) is 0 Å². The SMILES string of the molecule is O=C(Oc1ccc2ccccc2c1C=Nc1cccc([N+](=O)[O-])c1)c1ccc(Cl)cc1Cl. The van der Waals surface area contributed by atoms with E-state index in [1.54, 1.807) is 24.3 Å². The first-order chi connectivity index (χ1) is 15.4. The van der Waals surface area contributed by atoms with E-state index in [1.807, 2.05) is 30.3 Å². The third kappa shape index (κ3) is 4.61. The minimum Gasteiger partial charge on any atom is -0.422 e. The lowest BCUT2D eigenvalue weighted by atomic mass is 10.0. The Morgan fingerprint density at radius 1 is 0.969 bits per heavy atom. The molecule has 0 N–H and O–H groups in total. The number of rotatable bonds is 5. The Morgan fingerprint density at radius 2 is 1.78 bits per heavy atom. The van der Waals surface area contributed by atoms with Crippen LogP contribution in [0.5, 0.6) is 5.75 Å². The maximum atomic E-state index is 12.8. The predicted octanol–water partition coefficient (Wildman–Crippen LogP) is 7.02. The number of non-ortho nitro benzene ring substituents is 1. The van der Waals surface area contributed by atoms with Crippen molar-refractivity contribution < 1.29 is 14.5 Å². The molecule has 0 radical (unpaired) electrons. The van der Waals surface area contributed by atoms with E-state index in [0.717, 1.165) is 10.8 Å². The molecule has 8 heteroatoms. The van der Waals surface area contributed by atoms with Crippen LogP contribution < -0.4 is 4.74 Å². The number of hydrogen-bond acceptors (Lipinski definition) is 5. The molecule has 0 aromatic heterocycles. The number of fused-ring (bicyclic) bond motifs is 1. The minimum atomic E-state index is -0.646. The molecule has 0 atom stereocenters. The molecule has 32 heavy (non-hydrogen) atoms. The van der Waals surface area contributed by atoms with Crippen LogP contribution in [0.1, 0.15) is 15.9 Å².